The van der Waals surface area contributed by atoms with Crippen molar-refractivity contribution in [3.8, 4) is 47.8 Å². The molecule has 1 N–H and O–H groups in total. The molecule has 5 aromatic rings. The van der Waals surface area contributed by atoms with Gasteiger partial charge in [0.15, 0.2) is 5.75 Å². The zero-order valence-corrected chi connectivity index (χ0v) is 17.2. The highest BCUT2D eigenvalue weighted by Crippen LogP contribution is 2.50. The summed E-state index contributed by atoms with van der Waals surface area (Å²) in [5, 5.41) is 19.5. The van der Waals surface area contributed by atoms with Crippen LogP contribution in [0.15, 0.2) is 70.1 Å². The second-order valence-electron chi connectivity index (χ2n) is 5.82. The monoisotopic (exact) mass is 423 g/mol. The summed E-state index contributed by atoms with van der Waals surface area (Å²) in [6.45, 7) is 0. The molecule has 0 saturated heterocycles. The minimum Gasteiger partial charge on any atom is -0.505 e. The molecule has 5 heterocycles. The summed E-state index contributed by atoms with van der Waals surface area (Å²) in [5.41, 5.74) is 3.45. The van der Waals surface area contributed by atoms with Crippen LogP contribution in [0.4, 0.5) is 0 Å². The molecule has 0 saturated carbocycles. The van der Waals surface area contributed by atoms with Crippen LogP contribution in [-0.2, 0) is 0 Å². The van der Waals surface area contributed by atoms with Crippen LogP contribution in [0.2, 0.25) is 0 Å². The normalized spacial score (nSPS) is 11.1. The molecule has 0 unspecified atom stereocenters. The van der Waals surface area contributed by atoms with E-state index in [0.717, 1.165) is 36.3 Å². The molecule has 0 aliphatic carbocycles. The molecule has 0 atom stereocenters. The maximum absolute atomic E-state index is 11.3. The second-order valence-corrected chi connectivity index (χ2v) is 9.61. The van der Waals surface area contributed by atoms with E-state index >= 15 is 0 Å². The molecular formula is C21H13NOS4. The topological polar surface area (TPSA) is 33.1 Å². The first-order valence-electron chi connectivity index (χ1n) is 8.25. The summed E-state index contributed by atoms with van der Waals surface area (Å²) in [6.07, 6.45) is 0. The summed E-state index contributed by atoms with van der Waals surface area (Å²) < 4.78 is 0. The molecular weight excluding hydrogens is 411 g/mol. The van der Waals surface area contributed by atoms with Gasteiger partial charge in [-0.05, 0) is 45.8 Å². The van der Waals surface area contributed by atoms with Crippen molar-refractivity contribution in [3.63, 3.8) is 0 Å². The van der Waals surface area contributed by atoms with E-state index in [4.69, 9.17) is 4.98 Å². The van der Waals surface area contributed by atoms with Crippen molar-refractivity contribution in [3.05, 3.63) is 70.1 Å². The lowest BCUT2D eigenvalue weighted by Crippen LogP contribution is -1.94. The van der Waals surface area contributed by atoms with Crippen molar-refractivity contribution >= 4 is 45.3 Å². The van der Waals surface area contributed by atoms with Gasteiger partial charge in [-0.3, -0.25) is 0 Å². The van der Waals surface area contributed by atoms with E-state index in [1.165, 1.54) is 0 Å². The van der Waals surface area contributed by atoms with E-state index in [0.29, 0.717) is 5.69 Å². The molecule has 0 aliphatic heterocycles. The minimum absolute atomic E-state index is 0.253. The quantitative estimate of drug-likeness (QED) is 0.321. The fourth-order valence-corrected chi connectivity index (χ4v) is 6.06. The predicted molar refractivity (Wildman–Crippen MR) is 119 cm³/mol. The van der Waals surface area contributed by atoms with Crippen LogP contribution in [0.5, 0.6) is 5.75 Å². The Bertz CT molecular complexity index is 1160. The molecule has 0 bridgehead atoms. The van der Waals surface area contributed by atoms with E-state index in [-0.39, 0.29) is 5.75 Å². The zero-order chi connectivity index (χ0) is 18.2. The fraction of sp³-hybridized carbons (Fsp3) is 0. The number of thiophene rings is 4. The SMILES string of the molecule is Oc1c(-c2cccs2)nc(-c2cccs2)c(-c2cccs2)c1-c1cccs1. The van der Waals surface area contributed by atoms with E-state index in [1.54, 1.807) is 45.3 Å². The van der Waals surface area contributed by atoms with Gasteiger partial charge in [0, 0.05) is 20.9 Å². The minimum atomic E-state index is 0.253. The summed E-state index contributed by atoms with van der Waals surface area (Å²) in [5.74, 6) is 0.253. The Balaban J connectivity index is 1.92. The summed E-state index contributed by atoms with van der Waals surface area (Å²) >= 11 is 6.57. The zero-order valence-electron chi connectivity index (χ0n) is 14.0. The average molecular weight is 424 g/mol. The van der Waals surface area contributed by atoms with Gasteiger partial charge in [-0.2, -0.15) is 0 Å². The second kappa shape index (κ2) is 7.05. The number of pyridine rings is 1. The third kappa shape index (κ3) is 2.95. The van der Waals surface area contributed by atoms with E-state index in [2.05, 4.69) is 29.0 Å². The molecule has 5 aromatic heterocycles. The van der Waals surface area contributed by atoms with E-state index < -0.39 is 0 Å². The number of aromatic nitrogens is 1. The predicted octanol–water partition coefficient (Wildman–Crippen LogP) is 7.70. The fourth-order valence-electron chi connectivity index (χ4n) is 3.07. The highest BCUT2D eigenvalue weighted by Gasteiger charge is 2.25. The molecule has 6 heteroatoms. The Hall–Kier alpha value is -2.25. The Labute approximate surface area is 172 Å². The molecule has 27 heavy (non-hydrogen) atoms. The third-order valence-electron chi connectivity index (χ3n) is 4.22. The molecule has 0 amide bonds. The van der Waals surface area contributed by atoms with E-state index in [9.17, 15) is 5.11 Å². The number of hydrogen-bond donors (Lipinski definition) is 1. The lowest BCUT2D eigenvalue weighted by Gasteiger charge is -2.16. The first kappa shape index (κ1) is 16.9. The van der Waals surface area contributed by atoms with Gasteiger partial charge in [0.1, 0.15) is 5.69 Å². The number of hydrogen-bond acceptors (Lipinski definition) is 6. The highest BCUT2D eigenvalue weighted by atomic mass is 32.1. The van der Waals surface area contributed by atoms with Crippen LogP contribution in [0, 0.1) is 0 Å². The van der Waals surface area contributed by atoms with Crippen molar-refractivity contribution in [2.24, 2.45) is 0 Å². The van der Waals surface area contributed by atoms with Crippen LogP contribution < -0.4 is 0 Å². The molecule has 5 rings (SSSR count). The van der Waals surface area contributed by atoms with Crippen LogP contribution in [-0.4, -0.2) is 10.1 Å². The summed E-state index contributed by atoms with van der Waals surface area (Å²) in [6, 6.07) is 16.4. The lowest BCUT2D eigenvalue weighted by atomic mass is 9.99. The van der Waals surface area contributed by atoms with Gasteiger partial charge in [-0.25, -0.2) is 4.98 Å². The summed E-state index contributed by atoms with van der Waals surface area (Å²) in [4.78, 5) is 9.21. The maximum atomic E-state index is 11.3. The van der Waals surface area contributed by atoms with Gasteiger partial charge in [0.25, 0.3) is 0 Å². The molecule has 0 radical (unpaired) electrons. The van der Waals surface area contributed by atoms with Crippen LogP contribution in [0.3, 0.4) is 0 Å². The van der Waals surface area contributed by atoms with Crippen molar-refractivity contribution < 1.29 is 5.11 Å². The van der Waals surface area contributed by atoms with Gasteiger partial charge in [0.2, 0.25) is 0 Å². The summed E-state index contributed by atoms with van der Waals surface area (Å²) in [7, 11) is 0. The van der Waals surface area contributed by atoms with Crippen molar-refractivity contribution in [2.45, 2.75) is 0 Å². The van der Waals surface area contributed by atoms with Crippen LogP contribution in [0.1, 0.15) is 0 Å². The first-order chi connectivity index (χ1) is 13.3. The molecule has 0 fully saturated rings. The largest absolute Gasteiger partial charge is 0.505 e. The maximum Gasteiger partial charge on any atom is 0.152 e. The van der Waals surface area contributed by atoms with Gasteiger partial charge in [-0.15, -0.1) is 45.3 Å². The smallest absolute Gasteiger partial charge is 0.152 e. The Morgan fingerprint density at radius 3 is 1.48 bits per heavy atom. The Kier molecular flexibility index (Phi) is 4.41. The van der Waals surface area contributed by atoms with Crippen LogP contribution >= 0.6 is 45.3 Å². The number of aromatic hydroxyl groups is 1. The van der Waals surface area contributed by atoms with Gasteiger partial charge < -0.3 is 5.11 Å². The number of nitrogens with zero attached hydrogens (tertiary/aromatic N) is 1. The Morgan fingerprint density at radius 2 is 1.00 bits per heavy atom. The van der Waals surface area contributed by atoms with Gasteiger partial charge in [-0.1, -0.05) is 24.3 Å². The van der Waals surface area contributed by atoms with Gasteiger partial charge >= 0.3 is 0 Å². The first-order valence-corrected chi connectivity index (χ1v) is 11.8. The standard InChI is InChI=1S/C21H13NOS4/c23-21-18(14-6-2-10-25-14)17(13-5-1-9-24-13)19(15-7-3-11-26-15)22-20(21)16-8-4-12-27-16/h1-12,23H. The van der Waals surface area contributed by atoms with Crippen molar-refractivity contribution in [2.75, 3.05) is 0 Å². The van der Waals surface area contributed by atoms with Crippen molar-refractivity contribution in [1.29, 1.82) is 0 Å². The highest BCUT2D eigenvalue weighted by molar-refractivity contribution is 7.15. The molecule has 0 aromatic carbocycles. The van der Waals surface area contributed by atoms with E-state index in [1.807, 2.05) is 41.1 Å². The molecule has 132 valence electrons. The van der Waals surface area contributed by atoms with Crippen molar-refractivity contribution in [1.82, 2.24) is 4.98 Å². The van der Waals surface area contributed by atoms with Crippen LogP contribution in [0.25, 0.3) is 42.0 Å². The Morgan fingerprint density at radius 1 is 0.556 bits per heavy atom. The number of rotatable bonds is 4. The molecule has 2 nitrogen and oxygen atoms in total. The lowest BCUT2D eigenvalue weighted by molar-refractivity contribution is 0.478. The third-order valence-corrected chi connectivity index (χ3v) is 7.74. The molecule has 0 aliphatic rings. The average Bonchev–Trinajstić information content (AvgIpc) is 3.51. The van der Waals surface area contributed by atoms with Gasteiger partial charge in [0.05, 0.1) is 15.4 Å². The molecule has 0 spiro atoms.